The van der Waals surface area contributed by atoms with Crippen molar-refractivity contribution in [3.63, 3.8) is 0 Å². The maximum atomic E-state index is 12.0. The van der Waals surface area contributed by atoms with Crippen LogP contribution in [0.2, 0.25) is 0 Å². The van der Waals surface area contributed by atoms with Gasteiger partial charge in [0, 0.05) is 4.88 Å². The number of nitrogens with one attached hydrogen (secondary N) is 1. The van der Waals surface area contributed by atoms with Gasteiger partial charge >= 0.3 is 5.97 Å². The number of hydrogen-bond acceptors (Lipinski definition) is 7. The Kier molecular flexibility index (Phi) is 4.58. The van der Waals surface area contributed by atoms with Crippen molar-refractivity contribution in [1.82, 2.24) is 14.9 Å². The van der Waals surface area contributed by atoms with E-state index in [2.05, 4.69) is 19.6 Å². The monoisotopic (exact) mass is 297 g/mol. The number of esters is 1. The molecule has 2 rings (SSSR count). The number of hydrogen-bond donors (Lipinski definition) is 1. The molecule has 100 valence electrons. The molecule has 19 heavy (non-hydrogen) atoms. The lowest BCUT2D eigenvalue weighted by Crippen LogP contribution is -2.29. The third kappa shape index (κ3) is 3.58. The predicted molar refractivity (Wildman–Crippen MR) is 71.1 cm³/mol. The van der Waals surface area contributed by atoms with Crippen molar-refractivity contribution in [3.05, 3.63) is 33.5 Å². The van der Waals surface area contributed by atoms with Gasteiger partial charge in [0.15, 0.2) is 0 Å². The standard InChI is InChI=1S/C11H11N3O3S2/c1-17-10(15)5-7(8-3-2-4-18-8)13-11(16)9-6-12-14-19-9/h2-4,6-7H,5H2,1H3,(H,13,16). The SMILES string of the molecule is COC(=O)CC(NC(=O)c1cnns1)c1cccs1. The Morgan fingerprint density at radius 1 is 1.53 bits per heavy atom. The lowest BCUT2D eigenvalue weighted by molar-refractivity contribution is -0.141. The van der Waals surface area contributed by atoms with E-state index in [0.717, 1.165) is 16.4 Å². The first kappa shape index (κ1) is 13.6. The van der Waals surface area contributed by atoms with Crippen LogP contribution in [0.15, 0.2) is 23.7 Å². The van der Waals surface area contributed by atoms with E-state index >= 15 is 0 Å². The van der Waals surface area contributed by atoms with Crippen LogP contribution in [-0.2, 0) is 9.53 Å². The maximum absolute atomic E-state index is 12.0. The van der Waals surface area contributed by atoms with E-state index in [1.807, 2.05) is 17.5 Å². The van der Waals surface area contributed by atoms with Gasteiger partial charge in [-0.1, -0.05) is 10.6 Å². The van der Waals surface area contributed by atoms with Gasteiger partial charge in [-0.05, 0) is 23.0 Å². The number of carbonyl (C=O) groups is 2. The van der Waals surface area contributed by atoms with E-state index in [4.69, 9.17) is 0 Å². The zero-order valence-electron chi connectivity index (χ0n) is 10.0. The highest BCUT2D eigenvalue weighted by atomic mass is 32.1. The van der Waals surface area contributed by atoms with Crippen LogP contribution < -0.4 is 5.32 Å². The molecule has 0 fully saturated rings. The Morgan fingerprint density at radius 3 is 2.95 bits per heavy atom. The van der Waals surface area contributed by atoms with Gasteiger partial charge in [-0.3, -0.25) is 9.59 Å². The second kappa shape index (κ2) is 6.39. The van der Waals surface area contributed by atoms with E-state index in [1.54, 1.807) is 0 Å². The zero-order valence-corrected chi connectivity index (χ0v) is 11.7. The molecule has 0 radical (unpaired) electrons. The Labute approximate surface area is 117 Å². The Bertz CT molecular complexity index is 540. The van der Waals surface area contributed by atoms with E-state index in [1.165, 1.54) is 24.6 Å². The molecule has 6 nitrogen and oxygen atoms in total. The highest BCUT2D eigenvalue weighted by molar-refractivity contribution is 7.10. The summed E-state index contributed by atoms with van der Waals surface area (Å²) in [6.07, 6.45) is 1.48. The molecule has 1 atom stereocenters. The number of thiophene rings is 1. The van der Waals surface area contributed by atoms with Crippen molar-refractivity contribution in [2.45, 2.75) is 12.5 Å². The average Bonchev–Trinajstić information content (AvgIpc) is 3.10. The van der Waals surface area contributed by atoms with Crippen molar-refractivity contribution >= 4 is 34.7 Å². The van der Waals surface area contributed by atoms with Crippen molar-refractivity contribution in [3.8, 4) is 0 Å². The van der Waals surface area contributed by atoms with Crippen molar-refractivity contribution in [2.24, 2.45) is 0 Å². The Hall–Kier alpha value is -1.80. The van der Waals surface area contributed by atoms with E-state index in [0.29, 0.717) is 4.88 Å². The first-order valence-corrected chi connectivity index (χ1v) is 7.04. The van der Waals surface area contributed by atoms with Gasteiger partial charge < -0.3 is 10.1 Å². The summed E-state index contributed by atoms with van der Waals surface area (Å²) in [5.41, 5.74) is 0. The fraction of sp³-hybridized carbons (Fsp3) is 0.273. The van der Waals surface area contributed by atoms with Crippen molar-refractivity contribution < 1.29 is 14.3 Å². The molecule has 0 saturated carbocycles. The molecule has 1 N–H and O–H groups in total. The molecular formula is C11H11N3O3S2. The van der Waals surface area contributed by atoms with Crippen molar-refractivity contribution in [1.29, 1.82) is 0 Å². The van der Waals surface area contributed by atoms with E-state index in [9.17, 15) is 9.59 Å². The van der Waals surface area contributed by atoms with Gasteiger partial charge in [-0.15, -0.1) is 16.4 Å². The normalized spacial score (nSPS) is 11.8. The van der Waals surface area contributed by atoms with Crippen LogP contribution in [0.4, 0.5) is 0 Å². The van der Waals surface area contributed by atoms with Crippen LogP contribution in [0.5, 0.6) is 0 Å². The topological polar surface area (TPSA) is 81.2 Å². The molecule has 0 bridgehead atoms. The molecule has 0 spiro atoms. The van der Waals surface area contributed by atoms with Crippen LogP contribution in [0.1, 0.15) is 27.0 Å². The molecule has 1 unspecified atom stereocenters. The summed E-state index contributed by atoms with van der Waals surface area (Å²) in [6, 6.07) is 3.33. The van der Waals surface area contributed by atoms with Crippen molar-refractivity contribution in [2.75, 3.05) is 7.11 Å². The second-order valence-corrected chi connectivity index (χ2v) is 5.37. The van der Waals surface area contributed by atoms with E-state index < -0.39 is 6.04 Å². The minimum absolute atomic E-state index is 0.0922. The Balaban J connectivity index is 2.10. The lowest BCUT2D eigenvalue weighted by Gasteiger charge is -2.15. The van der Waals surface area contributed by atoms with Crippen LogP contribution in [0.3, 0.4) is 0 Å². The summed E-state index contributed by atoms with van der Waals surface area (Å²) in [4.78, 5) is 24.7. The van der Waals surface area contributed by atoms with Gasteiger partial charge in [-0.25, -0.2) is 0 Å². The summed E-state index contributed by atoms with van der Waals surface area (Å²) in [6.45, 7) is 0. The third-order valence-corrected chi connectivity index (χ3v) is 4.02. The molecule has 2 aromatic heterocycles. The van der Waals surface area contributed by atoms with Gasteiger partial charge in [0.1, 0.15) is 4.88 Å². The van der Waals surface area contributed by atoms with Crippen LogP contribution in [0, 0.1) is 0 Å². The molecule has 1 amide bonds. The minimum Gasteiger partial charge on any atom is -0.469 e. The highest BCUT2D eigenvalue weighted by Crippen LogP contribution is 2.23. The number of rotatable bonds is 5. The summed E-state index contributed by atoms with van der Waals surface area (Å²) in [7, 11) is 1.32. The summed E-state index contributed by atoms with van der Waals surface area (Å²) < 4.78 is 8.28. The van der Waals surface area contributed by atoms with Gasteiger partial charge in [0.25, 0.3) is 5.91 Å². The molecular weight excluding hydrogens is 286 g/mol. The molecule has 2 heterocycles. The second-order valence-electron chi connectivity index (χ2n) is 3.60. The third-order valence-electron chi connectivity index (χ3n) is 2.38. The molecule has 0 aliphatic rings. The molecule has 0 saturated heterocycles. The number of methoxy groups -OCH3 is 1. The van der Waals surface area contributed by atoms with Gasteiger partial charge in [-0.2, -0.15) is 0 Å². The fourth-order valence-electron chi connectivity index (χ4n) is 1.46. The molecule has 8 heteroatoms. The lowest BCUT2D eigenvalue weighted by atomic mass is 10.1. The predicted octanol–water partition coefficient (Wildman–Crippen LogP) is 1.63. The smallest absolute Gasteiger partial charge is 0.307 e. The number of amides is 1. The fourth-order valence-corrected chi connectivity index (χ4v) is 2.66. The maximum Gasteiger partial charge on any atom is 0.307 e. The van der Waals surface area contributed by atoms with Gasteiger partial charge in [0.05, 0.1) is 25.8 Å². The number of carbonyl (C=O) groups excluding carboxylic acids is 2. The zero-order chi connectivity index (χ0) is 13.7. The number of ether oxygens (including phenoxy) is 1. The minimum atomic E-state index is -0.401. The molecule has 0 aliphatic carbocycles. The summed E-state index contributed by atoms with van der Waals surface area (Å²) >= 11 is 2.48. The Morgan fingerprint density at radius 2 is 2.37 bits per heavy atom. The molecule has 2 aromatic rings. The number of nitrogens with zero attached hydrogens (tertiary/aromatic N) is 2. The molecule has 0 aliphatic heterocycles. The van der Waals surface area contributed by atoms with Crippen LogP contribution in [-0.4, -0.2) is 28.6 Å². The first-order valence-electron chi connectivity index (χ1n) is 5.39. The van der Waals surface area contributed by atoms with Gasteiger partial charge in [0.2, 0.25) is 0 Å². The number of aromatic nitrogens is 2. The molecule has 0 aromatic carbocycles. The largest absolute Gasteiger partial charge is 0.469 e. The van der Waals surface area contributed by atoms with E-state index in [-0.39, 0.29) is 18.3 Å². The van der Waals surface area contributed by atoms with Crippen LogP contribution in [0.25, 0.3) is 0 Å². The van der Waals surface area contributed by atoms with Crippen LogP contribution >= 0.6 is 22.9 Å². The highest BCUT2D eigenvalue weighted by Gasteiger charge is 2.21. The summed E-state index contributed by atoms with van der Waals surface area (Å²) in [5.74, 6) is -0.668. The summed E-state index contributed by atoms with van der Waals surface area (Å²) in [5, 5.41) is 8.29. The first-order chi connectivity index (χ1) is 9.20. The quantitative estimate of drug-likeness (QED) is 0.848. The average molecular weight is 297 g/mol.